The van der Waals surface area contributed by atoms with E-state index in [4.69, 9.17) is 25.8 Å². The van der Waals surface area contributed by atoms with Crippen molar-refractivity contribution in [2.75, 3.05) is 17.7 Å². The van der Waals surface area contributed by atoms with Gasteiger partial charge >= 0.3 is 0 Å². The number of carbonyl (C=O) groups is 1. The number of methoxy groups -OCH3 is 1. The third-order valence-corrected chi connectivity index (χ3v) is 7.25. The molecule has 3 aromatic heterocycles. The van der Waals surface area contributed by atoms with Crippen LogP contribution in [0.4, 0.5) is 16.0 Å². The lowest BCUT2D eigenvalue weighted by Crippen LogP contribution is -2.10. The van der Waals surface area contributed by atoms with Crippen LogP contribution in [0.25, 0.3) is 10.6 Å². The molecule has 0 fully saturated rings. The second kappa shape index (κ2) is 8.89. The zero-order valence-corrected chi connectivity index (χ0v) is 19.4. The maximum Gasteiger partial charge on any atom is 0.296 e. The number of benzene rings is 1. The van der Waals surface area contributed by atoms with Crippen molar-refractivity contribution in [3.63, 3.8) is 0 Å². The van der Waals surface area contributed by atoms with Gasteiger partial charge in [0, 0.05) is 16.0 Å². The van der Waals surface area contributed by atoms with E-state index in [1.807, 2.05) is 12.1 Å². The fourth-order valence-corrected chi connectivity index (χ4v) is 5.76. The minimum absolute atomic E-state index is 0.143. The Labute approximate surface area is 196 Å². The smallest absolute Gasteiger partial charge is 0.296 e. The molecule has 4 aromatic rings. The number of anilines is 3. The molecule has 0 atom stereocenters. The van der Waals surface area contributed by atoms with Gasteiger partial charge in [-0.25, -0.2) is 9.97 Å². The first kappa shape index (κ1) is 20.9. The zero-order valence-electron chi connectivity index (χ0n) is 17.0. The monoisotopic (exact) mass is 487 g/mol. The summed E-state index contributed by atoms with van der Waals surface area (Å²) >= 11 is 9.20. The van der Waals surface area contributed by atoms with Gasteiger partial charge in [0.05, 0.1) is 35.3 Å². The van der Waals surface area contributed by atoms with E-state index < -0.39 is 0 Å². The second-order valence-electron chi connectivity index (χ2n) is 7.09. The average Bonchev–Trinajstić information content (AvgIpc) is 3.50. The molecule has 32 heavy (non-hydrogen) atoms. The molecule has 1 amide bonds. The number of ether oxygens (including phenoxy) is 1. The highest BCUT2D eigenvalue weighted by Crippen LogP contribution is 2.42. The largest absolute Gasteiger partial charge is 0.495 e. The van der Waals surface area contributed by atoms with Crippen LogP contribution in [0.5, 0.6) is 5.75 Å². The highest BCUT2D eigenvalue weighted by Gasteiger charge is 2.24. The van der Waals surface area contributed by atoms with Gasteiger partial charge in [0.2, 0.25) is 5.76 Å². The summed E-state index contributed by atoms with van der Waals surface area (Å²) in [6, 6.07) is 6.93. The van der Waals surface area contributed by atoms with Crippen molar-refractivity contribution in [3.8, 4) is 16.3 Å². The Morgan fingerprint density at radius 1 is 1.16 bits per heavy atom. The van der Waals surface area contributed by atoms with E-state index in [2.05, 4.69) is 20.8 Å². The van der Waals surface area contributed by atoms with Crippen molar-refractivity contribution in [1.82, 2.24) is 15.1 Å². The van der Waals surface area contributed by atoms with Crippen molar-refractivity contribution < 1.29 is 14.1 Å². The number of hydrogen-bond acceptors (Lipinski definition) is 9. The number of rotatable bonds is 5. The fraction of sp³-hybridized carbons (Fsp3) is 0.238. The van der Waals surface area contributed by atoms with Gasteiger partial charge in [0.25, 0.3) is 5.91 Å². The van der Waals surface area contributed by atoms with Gasteiger partial charge in [-0.05, 0) is 43.9 Å². The highest BCUT2D eigenvalue weighted by molar-refractivity contribution is 7.20. The first-order valence-corrected chi connectivity index (χ1v) is 11.9. The predicted molar refractivity (Wildman–Crippen MR) is 126 cm³/mol. The van der Waals surface area contributed by atoms with Crippen LogP contribution in [-0.4, -0.2) is 28.1 Å². The number of amides is 1. The molecule has 0 aliphatic heterocycles. The van der Waals surface area contributed by atoms with Crippen molar-refractivity contribution in [2.45, 2.75) is 25.7 Å². The SMILES string of the molecule is COc1ccc(Cl)cc1Nc1nc2c(s1)CCCCc1nc(NC(=O)c3ccno3)sc1-2. The van der Waals surface area contributed by atoms with E-state index in [9.17, 15) is 4.79 Å². The maximum atomic E-state index is 12.3. The molecule has 8 nitrogen and oxygen atoms in total. The van der Waals surface area contributed by atoms with Gasteiger partial charge < -0.3 is 14.6 Å². The summed E-state index contributed by atoms with van der Waals surface area (Å²) in [4.78, 5) is 24.0. The van der Waals surface area contributed by atoms with E-state index in [-0.39, 0.29) is 11.7 Å². The number of aryl methyl sites for hydroxylation is 2. The molecule has 0 saturated heterocycles. The summed E-state index contributed by atoms with van der Waals surface area (Å²) in [5, 5.41) is 11.6. The Hall–Kier alpha value is -2.95. The second-order valence-corrected chi connectivity index (χ2v) is 9.61. The molecule has 164 valence electrons. The van der Waals surface area contributed by atoms with E-state index >= 15 is 0 Å². The molecule has 1 aliphatic carbocycles. The molecular formula is C21H18ClN5O3S2. The molecule has 0 unspecified atom stereocenters. The van der Waals surface area contributed by atoms with Crippen molar-refractivity contribution in [2.24, 2.45) is 0 Å². The Morgan fingerprint density at radius 3 is 2.84 bits per heavy atom. The number of aromatic nitrogens is 3. The molecule has 0 spiro atoms. The number of nitrogens with zero attached hydrogens (tertiary/aromatic N) is 3. The lowest BCUT2D eigenvalue weighted by Gasteiger charge is -2.09. The summed E-state index contributed by atoms with van der Waals surface area (Å²) in [5.74, 6) is 0.454. The van der Waals surface area contributed by atoms with Crippen LogP contribution in [0.1, 0.15) is 34.0 Å². The standard InChI is InChI=1S/C21H18ClN5O3S2/c1-29-14-7-6-11(22)10-13(14)25-20-26-17-16(31-20)5-3-2-4-12-18(17)32-21(24-12)27-19(28)15-8-9-23-30-15/h6-10H,2-5H2,1H3,(H,25,26)(H,24,27,28). The Kier molecular flexibility index (Phi) is 5.81. The number of hydrogen-bond donors (Lipinski definition) is 2. The summed E-state index contributed by atoms with van der Waals surface area (Å²) < 4.78 is 10.4. The van der Waals surface area contributed by atoms with E-state index in [1.54, 1.807) is 24.5 Å². The quantitative estimate of drug-likeness (QED) is 0.367. The van der Waals surface area contributed by atoms with Gasteiger partial charge in [0.15, 0.2) is 10.3 Å². The first-order valence-electron chi connectivity index (χ1n) is 9.93. The van der Waals surface area contributed by atoms with Gasteiger partial charge in [-0.3, -0.25) is 10.1 Å². The molecule has 5 rings (SSSR count). The van der Waals surface area contributed by atoms with Crippen molar-refractivity contribution >= 4 is 56.1 Å². The molecule has 0 radical (unpaired) electrons. The Bertz CT molecular complexity index is 1270. The summed E-state index contributed by atoms with van der Waals surface area (Å²) in [7, 11) is 1.62. The third-order valence-electron chi connectivity index (χ3n) is 4.96. The Morgan fingerprint density at radius 2 is 2.03 bits per heavy atom. The van der Waals surface area contributed by atoms with Crippen molar-refractivity contribution in [3.05, 3.63) is 51.8 Å². The topological polar surface area (TPSA) is 102 Å². The van der Waals surface area contributed by atoms with Crippen LogP contribution in [0.3, 0.4) is 0 Å². The number of carbonyl (C=O) groups excluding carboxylic acids is 1. The van der Waals surface area contributed by atoms with E-state index in [0.717, 1.165) is 52.8 Å². The number of halogens is 1. The van der Waals surface area contributed by atoms with Crippen LogP contribution in [0.15, 0.2) is 35.0 Å². The number of thiazole rings is 2. The van der Waals surface area contributed by atoms with Gasteiger partial charge in [0.1, 0.15) is 5.75 Å². The van der Waals surface area contributed by atoms with Crippen LogP contribution in [0, 0.1) is 0 Å². The van der Waals surface area contributed by atoms with Crippen LogP contribution >= 0.6 is 34.3 Å². The van der Waals surface area contributed by atoms with Crippen LogP contribution in [0.2, 0.25) is 5.02 Å². The highest BCUT2D eigenvalue weighted by atomic mass is 35.5. The van der Waals surface area contributed by atoms with Gasteiger partial charge in [-0.15, -0.1) is 11.3 Å². The zero-order chi connectivity index (χ0) is 22.1. The molecule has 2 N–H and O–H groups in total. The summed E-state index contributed by atoms with van der Waals surface area (Å²) in [6.07, 6.45) is 5.28. The maximum absolute atomic E-state index is 12.3. The minimum atomic E-state index is -0.377. The van der Waals surface area contributed by atoms with E-state index in [0.29, 0.717) is 15.9 Å². The summed E-state index contributed by atoms with van der Waals surface area (Å²) in [5.41, 5.74) is 2.61. The van der Waals surface area contributed by atoms with E-state index in [1.165, 1.54) is 28.5 Å². The minimum Gasteiger partial charge on any atom is -0.495 e. The molecule has 3 heterocycles. The molecule has 0 bridgehead atoms. The fourth-order valence-electron chi connectivity index (χ4n) is 3.47. The van der Waals surface area contributed by atoms with Crippen LogP contribution in [-0.2, 0) is 12.8 Å². The lowest BCUT2D eigenvalue weighted by atomic mass is 10.0. The Balaban J connectivity index is 1.46. The number of fused-ring (bicyclic) bond motifs is 3. The molecule has 1 aromatic carbocycles. The molecular weight excluding hydrogens is 470 g/mol. The molecule has 1 aliphatic rings. The summed E-state index contributed by atoms with van der Waals surface area (Å²) in [6.45, 7) is 0. The first-order chi connectivity index (χ1) is 15.6. The van der Waals surface area contributed by atoms with Gasteiger partial charge in [-0.1, -0.05) is 28.1 Å². The van der Waals surface area contributed by atoms with Crippen molar-refractivity contribution in [1.29, 1.82) is 0 Å². The molecule has 11 heteroatoms. The predicted octanol–water partition coefficient (Wildman–Crippen LogP) is 5.79. The molecule has 0 saturated carbocycles. The number of nitrogens with one attached hydrogen (secondary N) is 2. The third kappa shape index (κ3) is 4.21. The lowest BCUT2D eigenvalue weighted by molar-refractivity contribution is 0.0988. The normalized spacial score (nSPS) is 12.9. The average molecular weight is 488 g/mol. The van der Waals surface area contributed by atoms with Gasteiger partial charge in [-0.2, -0.15) is 0 Å². The van der Waals surface area contributed by atoms with Crippen LogP contribution < -0.4 is 15.4 Å².